The second-order valence-electron chi connectivity index (χ2n) is 3.70. The molecule has 1 N–H and O–H groups in total. The van der Waals surface area contributed by atoms with E-state index in [9.17, 15) is 5.11 Å². The lowest BCUT2D eigenvalue weighted by Gasteiger charge is -2.05. The minimum Gasteiger partial charge on any atom is -0.392 e. The largest absolute Gasteiger partial charge is 0.392 e. The predicted octanol–water partition coefficient (Wildman–Crippen LogP) is 3.55. The second-order valence-corrected chi connectivity index (χ2v) is 6.00. The van der Waals surface area contributed by atoms with Gasteiger partial charge < -0.3 is 5.11 Å². The van der Waals surface area contributed by atoms with Crippen molar-refractivity contribution in [1.82, 2.24) is 4.98 Å². The molecular weight excluding hydrogens is 238 g/mol. The van der Waals surface area contributed by atoms with Crippen molar-refractivity contribution in [2.24, 2.45) is 0 Å². The zero-order chi connectivity index (χ0) is 11.4. The summed E-state index contributed by atoms with van der Waals surface area (Å²) in [5.74, 6) is 0.744. The topological polar surface area (TPSA) is 33.1 Å². The molecule has 1 aromatic carbocycles. The fourth-order valence-corrected chi connectivity index (χ4v) is 3.57. The number of benzene rings is 1. The molecule has 0 aliphatic carbocycles. The molecule has 0 fully saturated rings. The van der Waals surface area contributed by atoms with Gasteiger partial charge in [-0.25, -0.2) is 4.98 Å². The van der Waals surface area contributed by atoms with Gasteiger partial charge in [0, 0.05) is 5.75 Å². The number of hydrogen-bond acceptors (Lipinski definition) is 4. The maximum Gasteiger partial charge on any atom is 0.151 e. The van der Waals surface area contributed by atoms with E-state index < -0.39 is 0 Å². The Morgan fingerprint density at radius 3 is 3.00 bits per heavy atom. The average molecular weight is 253 g/mol. The van der Waals surface area contributed by atoms with Crippen LogP contribution in [0.5, 0.6) is 0 Å². The van der Waals surface area contributed by atoms with Crippen LogP contribution in [0.25, 0.3) is 10.2 Å². The number of fused-ring (bicyclic) bond motifs is 1. The van der Waals surface area contributed by atoms with Gasteiger partial charge in [-0.2, -0.15) is 0 Å². The third-order valence-electron chi connectivity index (χ3n) is 2.30. The van der Waals surface area contributed by atoms with E-state index in [-0.39, 0.29) is 6.10 Å². The number of para-hydroxylation sites is 1. The number of thioether (sulfide) groups is 1. The lowest BCUT2D eigenvalue weighted by atomic mass is 10.2. The van der Waals surface area contributed by atoms with E-state index in [1.807, 2.05) is 18.2 Å². The summed E-state index contributed by atoms with van der Waals surface area (Å²) in [6, 6.07) is 8.14. The van der Waals surface area contributed by atoms with E-state index >= 15 is 0 Å². The molecule has 0 bridgehead atoms. The summed E-state index contributed by atoms with van der Waals surface area (Å²) in [5.41, 5.74) is 1.06. The van der Waals surface area contributed by atoms with Gasteiger partial charge >= 0.3 is 0 Å². The highest BCUT2D eigenvalue weighted by Crippen LogP contribution is 2.29. The molecule has 1 atom stereocenters. The molecular formula is C12H15NOS2. The van der Waals surface area contributed by atoms with Crippen molar-refractivity contribution in [3.8, 4) is 0 Å². The normalized spacial score (nSPS) is 13.1. The Labute approximate surface area is 104 Å². The Balaban J connectivity index is 1.99. The van der Waals surface area contributed by atoms with Crippen LogP contribution in [0.4, 0.5) is 0 Å². The molecule has 0 spiro atoms. The van der Waals surface area contributed by atoms with Crippen LogP contribution in [0.15, 0.2) is 28.6 Å². The van der Waals surface area contributed by atoms with Crippen molar-refractivity contribution in [1.29, 1.82) is 0 Å². The number of aliphatic hydroxyl groups is 1. The number of aliphatic hydroxyl groups excluding tert-OH is 1. The monoisotopic (exact) mass is 253 g/mol. The van der Waals surface area contributed by atoms with Crippen molar-refractivity contribution in [2.45, 2.75) is 30.2 Å². The Hall–Kier alpha value is -0.580. The minimum atomic E-state index is -0.206. The lowest BCUT2D eigenvalue weighted by molar-refractivity contribution is 0.188. The van der Waals surface area contributed by atoms with Gasteiger partial charge in [-0.05, 0) is 18.6 Å². The van der Waals surface area contributed by atoms with Crippen LogP contribution in [0.3, 0.4) is 0 Å². The first kappa shape index (κ1) is 11.9. The van der Waals surface area contributed by atoms with E-state index in [0.717, 1.165) is 28.5 Å². The Morgan fingerprint density at radius 1 is 1.44 bits per heavy atom. The Morgan fingerprint density at radius 2 is 2.25 bits per heavy atom. The standard InChI is InChI=1S/C12H15NOS2/c1-2-5-9(14)8-15-12-13-10-6-3-4-7-11(10)16-12/h3-4,6-7,9,14H,2,5,8H2,1H3. The molecule has 0 radical (unpaired) electrons. The summed E-state index contributed by atoms with van der Waals surface area (Å²) in [6.45, 7) is 2.09. The van der Waals surface area contributed by atoms with Crippen LogP contribution in [0.2, 0.25) is 0 Å². The van der Waals surface area contributed by atoms with Gasteiger partial charge in [0.1, 0.15) is 0 Å². The molecule has 0 saturated carbocycles. The van der Waals surface area contributed by atoms with Crippen LogP contribution >= 0.6 is 23.1 Å². The summed E-state index contributed by atoms with van der Waals surface area (Å²) in [5, 5.41) is 9.64. The first-order valence-electron chi connectivity index (χ1n) is 5.46. The second kappa shape index (κ2) is 5.66. The maximum atomic E-state index is 9.64. The lowest BCUT2D eigenvalue weighted by Crippen LogP contribution is -2.08. The predicted molar refractivity (Wildman–Crippen MR) is 71.3 cm³/mol. The summed E-state index contributed by atoms with van der Waals surface area (Å²) >= 11 is 3.35. The van der Waals surface area contributed by atoms with E-state index in [1.54, 1.807) is 23.1 Å². The molecule has 16 heavy (non-hydrogen) atoms. The number of hydrogen-bond donors (Lipinski definition) is 1. The molecule has 2 aromatic rings. The summed E-state index contributed by atoms with van der Waals surface area (Å²) in [4.78, 5) is 4.52. The van der Waals surface area contributed by atoms with Gasteiger partial charge in [0.25, 0.3) is 0 Å². The first-order chi connectivity index (χ1) is 7.79. The molecule has 2 nitrogen and oxygen atoms in total. The van der Waals surface area contributed by atoms with E-state index in [4.69, 9.17) is 0 Å². The zero-order valence-corrected chi connectivity index (χ0v) is 10.9. The van der Waals surface area contributed by atoms with Gasteiger partial charge in [0.05, 0.1) is 16.3 Å². The number of thiazole rings is 1. The molecule has 1 aromatic heterocycles. The van der Waals surface area contributed by atoms with Gasteiger partial charge in [-0.15, -0.1) is 11.3 Å². The summed E-state index contributed by atoms with van der Waals surface area (Å²) in [7, 11) is 0. The molecule has 1 heterocycles. The SMILES string of the molecule is CCCC(O)CSc1nc2ccccc2s1. The van der Waals surface area contributed by atoms with Crippen molar-refractivity contribution >= 4 is 33.3 Å². The minimum absolute atomic E-state index is 0.206. The zero-order valence-electron chi connectivity index (χ0n) is 9.22. The van der Waals surface area contributed by atoms with Crippen LogP contribution in [-0.2, 0) is 0 Å². The average Bonchev–Trinajstić information content (AvgIpc) is 2.69. The van der Waals surface area contributed by atoms with Crippen molar-refractivity contribution in [2.75, 3.05) is 5.75 Å². The number of rotatable bonds is 5. The summed E-state index contributed by atoms with van der Waals surface area (Å²) in [6.07, 6.45) is 1.70. The third kappa shape index (κ3) is 2.97. The van der Waals surface area contributed by atoms with Crippen molar-refractivity contribution < 1.29 is 5.11 Å². The fourth-order valence-electron chi connectivity index (χ4n) is 1.50. The molecule has 0 saturated heterocycles. The van der Waals surface area contributed by atoms with E-state index in [2.05, 4.69) is 18.0 Å². The molecule has 0 amide bonds. The molecule has 1 unspecified atom stereocenters. The molecule has 4 heteroatoms. The molecule has 86 valence electrons. The number of aromatic nitrogens is 1. The molecule has 2 rings (SSSR count). The Kier molecular flexibility index (Phi) is 4.21. The van der Waals surface area contributed by atoms with Crippen LogP contribution in [0.1, 0.15) is 19.8 Å². The van der Waals surface area contributed by atoms with Gasteiger partial charge in [0.2, 0.25) is 0 Å². The molecule has 0 aliphatic rings. The van der Waals surface area contributed by atoms with Crippen LogP contribution in [-0.4, -0.2) is 21.9 Å². The van der Waals surface area contributed by atoms with Crippen molar-refractivity contribution in [3.63, 3.8) is 0 Å². The van der Waals surface area contributed by atoms with Gasteiger partial charge in [0.15, 0.2) is 4.34 Å². The highest BCUT2D eigenvalue weighted by Gasteiger charge is 2.07. The van der Waals surface area contributed by atoms with Crippen molar-refractivity contribution in [3.05, 3.63) is 24.3 Å². The Bertz CT molecular complexity index is 422. The van der Waals surface area contributed by atoms with Crippen LogP contribution in [0, 0.1) is 0 Å². The quantitative estimate of drug-likeness (QED) is 0.827. The molecule has 0 aliphatic heterocycles. The maximum absolute atomic E-state index is 9.64. The van der Waals surface area contributed by atoms with Crippen LogP contribution < -0.4 is 0 Å². The number of nitrogens with zero attached hydrogens (tertiary/aromatic N) is 1. The highest BCUT2D eigenvalue weighted by atomic mass is 32.2. The fraction of sp³-hybridized carbons (Fsp3) is 0.417. The van der Waals surface area contributed by atoms with E-state index in [1.165, 1.54) is 4.70 Å². The highest BCUT2D eigenvalue weighted by molar-refractivity contribution is 8.01. The third-order valence-corrected chi connectivity index (χ3v) is 4.62. The van der Waals surface area contributed by atoms with Gasteiger partial charge in [-0.1, -0.05) is 37.2 Å². The summed E-state index contributed by atoms with van der Waals surface area (Å²) < 4.78 is 2.27. The first-order valence-corrected chi connectivity index (χ1v) is 7.26. The smallest absolute Gasteiger partial charge is 0.151 e. The van der Waals surface area contributed by atoms with Gasteiger partial charge in [-0.3, -0.25) is 0 Å². The van der Waals surface area contributed by atoms with E-state index in [0.29, 0.717) is 0 Å².